The zero-order chi connectivity index (χ0) is 15.2. The normalized spacial score (nSPS) is 14.4. The van der Waals surface area contributed by atoms with Crippen LogP contribution in [0, 0.1) is 11.3 Å². The summed E-state index contributed by atoms with van der Waals surface area (Å²) in [6.45, 7) is 8.65. The standard InChI is InChI=1S/C13H24N2O4/c1-6-9(11(17)18)7-14-10(16)8(2)15-12(19)13(3,4)5/h8-9H,6-7H2,1-5H3,(H,14,16)(H,15,19)(H,17,18). The van der Waals surface area contributed by atoms with Gasteiger partial charge in [-0.3, -0.25) is 14.4 Å². The van der Waals surface area contributed by atoms with Crippen LogP contribution in [-0.2, 0) is 14.4 Å². The Bertz CT molecular complexity index is 347. The largest absolute Gasteiger partial charge is 0.481 e. The molecule has 0 aliphatic heterocycles. The lowest BCUT2D eigenvalue weighted by atomic mass is 9.95. The van der Waals surface area contributed by atoms with Crippen molar-refractivity contribution in [2.24, 2.45) is 11.3 Å². The van der Waals surface area contributed by atoms with Gasteiger partial charge in [-0.15, -0.1) is 0 Å². The predicted molar refractivity (Wildman–Crippen MR) is 71.5 cm³/mol. The Morgan fingerprint density at radius 1 is 1.21 bits per heavy atom. The quantitative estimate of drug-likeness (QED) is 0.665. The molecule has 0 heterocycles. The minimum atomic E-state index is -0.936. The monoisotopic (exact) mass is 272 g/mol. The second kappa shape index (κ2) is 7.11. The van der Waals surface area contributed by atoms with E-state index in [2.05, 4.69) is 10.6 Å². The number of carbonyl (C=O) groups is 3. The zero-order valence-electron chi connectivity index (χ0n) is 12.2. The first kappa shape index (κ1) is 17.4. The first-order valence-electron chi connectivity index (χ1n) is 6.41. The van der Waals surface area contributed by atoms with Crippen molar-refractivity contribution < 1.29 is 19.5 Å². The van der Waals surface area contributed by atoms with E-state index in [1.807, 2.05) is 0 Å². The Kier molecular flexibility index (Phi) is 6.52. The van der Waals surface area contributed by atoms with Crippen LogP contribution in [0.15, 0.2) is 0 Å². The number of amides is 2. The van der Waals surface area contributed by atoms with Gasteiger partial charge in [0.2, 0.25) is 11.8 Å². The van der Waals surface area contributed by atoms with Crippen molar-refractivity contribution in [2.75, 3.05) is 6.54 Å². The van der Waals surface area contributed by atoms with E-state index in [4.69, 9.17) is 5.11 Å². The number of carboxylic acid groups (broad SMARTS) is 1. The molecule has 0 radical (unpaired) electrons. The fourth-order valence-electron chi connectivity index (χ4n) is 1.26. The highest BCUT2D eigenvalue weighted by Crippen LogP contribution is 2.12. The van der Waals surface area contributed by atoms with Crippen molar-refractivity contribution in [2.45, 2.75) is 47.1 Å². The van der Waals surface area contributed by atoms with E-state index in [1.54, 1.807) is 34.6 Å². The van der Waals surface area contributed by atoms with Crippen molar-refractivity contribution in [3.05, 3.63) is 0 Å². The summed E-state index contributed by atoms with van der Waals surface area (Å²) in [5, 5.41) is 14.0. The smallest absolute Gasteiger partial charge is 0.308 e. The van der Waals surface area contributed by atoms with E-state index in [9.17, 15) is 14.4 Å². The minimum Gasteiger partial charge on any atom is -0.481 e. The lowest BCUT2D eigenvalue weighted by molar-refractivity contribution is -0.142. The lowest BCUT2D eigenvalue weighted by Crippen LogP contribution is -2.49. The van der Waals surface area contributed by atoms with Gasteiger partial charge in [-0.05, 0) is 13.3 Å². The average Bonchev–Trinajstić information content (AvgIpc) is 2.27. The molecule has 3 N–H and O–H groups in total. The second-order valence-electron chi connectivity index (χ2n) is 5.63. The molecule has 0 spiro atoms. The fourth-order valence-corrected chi connectivity index (χ4v) is 1.26. The molecule has 0 rings (SSSR count). The van der Waals surface area contributed by atoms with E-state index in [0.717, 1.165) is 0 Å². The van der Waals surface area contributed by atoms with E-state index >= 15 is 0 Å². The average molecular weight is 272 g/mol. The summed E-state index contributed by atoms with van der Waals surface area (Å²) in [6.07, 6.45) is 0.443. The van der Waals surface area contributed by atoms with Crippen molar-refractivity contribution in [3.8, 4) is 0 Å². The summed E-state index contributed by atoms with van der Waals surface area (Å²) in [6, 6.07) is -0.682. The predicted octanol–water partition coefficient (Wildman–Crippen LogP) is 0.764. The third-order valence-electron chi connectivity index (χ3n) is 2.79. The molecule has 0 saturated heterocycles. The lowest BCUT2D eigenvalue weighted by Gasteiger charge is -2.22. The van der Waals surface area contributed by atoms with Crippen molar-refractivity contribution in [1.82, 2.24) is 10.6 Å². The maximum absolute atomic E-state index is 11.7. The molecule has 6 nitrogen and oxygen atoms in total. The summed E-state index contributed by atoms with van der Waals surface area (Å²) in [4.78, 5) is 34.2. The molecule has 0 aliphatic rings. The van der Waals surface area contributed by atoms with Crippen molar-refractivity contribution in [1.29, 1.82) is 0 Å². The highest BCUT2D eigenvalue weighted by Gasteiger charge is 2.25. The molecule has 0 fully saturated rings. The van der Waals surface area contributed by atoms with Crippen LogP contribution in [0.5, 0.6) is 0 Å². The molecule has 19 heavy (non-hydrogen) atoms. The summed E-state index contributed by atoms with van der Waals surface area (Å²) < 4.78 is 0. The van der Waals surface area contributed by atoms with E-state index in [-0.39, 0.29) is 18.4 Å². The number of carboxylic acids is 1. The van der Waals surface area contributed by atoms with E-state index in [0.29, 0.717) is 6.42 Å². The number of hydrogen-bond donors (Lipinski definition) is 3. The van der Waals surface area contributed by atoms with Crippen LogP contribution in [0.4, 0.5) is 0 Å². The highest BCUT2D eigenvalue weighted by atomic mass is 16.4. The van der Waals surface area contributed by atoms with Crippen LogP contribution in [0.3, 0.4) is 0 Å². The van der Waals surface area contributed by atoms with Gasteiger partial charge in [-0.1, -0.05) is 27.7 Å². The van der Waals surface area contributed by atoms with Crippen LogP contribution in [0.25, 0.3) is 0 Å². The number of carbonyl (C=O) groups excluding carboxylic acids is 2. The van der Waals surface area contributed by atoms with Gasteiger partial charge in [0.25, 0.3) is 0 Å². The summed E-state index contributed by atoms with van der Waals surface area (Å²) >= 11 is 0. The maximum atomic E-state index is 11.7. The number of nitrogens with one attached hydrogen (secondary N) is 2. The summed E-state index contributed by atoms with van der Waals surface area (Å²) in [5.74, 6) is -2.14. The van der Waals surface area contributed by atoms with Crippen LogP contribution in [-0.4, -0.2) is 35.5 Å². The Morgan fingerprint density at radius 3 is 2.11 bits per heavy atom. The molecule has 0 saturated carbocycles. The molecule has 0 aromatic heterocycles. The van der Waals surface area contributed by atoms with Crippen molar-refractivity contribution in [3.63, 3.8) is 0 Å². The topological polar surface area (TPSA) is 95.5 Å². The van der Waals surface area contributed by atoms with E-state index < -0.39 is 23.3 Å². The van der Waals surface area contributed by atoms with Gasteiger partial charge in [0.15, 0.2) is 0 Å². The van der Waals surface area contributed by atoms with Crippen LogP contribution in [0.2, 0.25) is 0 Å². The first-order chi connectivity index (χ1) is 8.59. The molecule has 2 atom stereocenters. The molecule has 0 aromatic rings. The van der Waals surface area contributed by atoms with Gasteiger partial charge >= 0.3 is 5.97 Å². The molecule has 0 bridgehead atoms. The number of rotatable bonds is 6. The van der Waals surface area contributed by atoms with Gasteiger partial charge in [0, 0.05) is 12.0 Å². The highest BCUT2D eigenvalue weighted by molar-refractivity contribution is 5.89. The minimum absolute atomic E-state index is 0.0698. The zero-order valence-corrected chi connectivity index (χ0v) is 12.2. The van der Waals surface area contributed by atoms with Crippen molar-refractivity contribution >= 4 is 17.8 Å². The molecule has 110 valence electrons. The van der Waals surface area contributed by atoms with Gasteiger partial charge < -0.3 is 15.7 Å². The molecule has 6 heteroatoms. The summed E-state index contributed by atoms with van der Waals surface area (Å²) in [7, 11) is 0. The van der Waals surface area contributed by atoms with Gasteiger partial charge in [0.05, 0.1) is 5.92 Å². The molecular weight excluding hydrogens is 248 g/mol. The number of hydrogen-bond acceptors (Lipinski definition) is 3. The first-order valence-corrected chi connectivity index (χ1v) is 6.41. The Hall–Kier alpha value is -1.59. The maximum Gasteiger partial charge on any atom is 0.308 e. The van der Waals surface area contributed by atoms with E-state index in [1.165, 1.54) is 0 Å². The van der Waals surface area contributed by atoms with Gasteiger partial charge in [-0.2, -0.15) is 0 Å². The molecule has 2 amide bonds. The van der Waals surface area contributed by atoms with Crippen LogP contribution >= 0.6 is 0 Å². The van der Waals surface area contributed by atoms with Crippen LogP contribution in [0.1, 0.15) is 41.0 Å². The summed E-state index contributed by atoms with van der Waals surface area (Å²) in [5.41, 5.74) is -0.568. The Morgan fingerprint density at radius 2 is 1.74 bits per heavy atom. The Balaban J connectivity index is 4.29. The SMILES string of the molecule is CCC(CNC(=O)C(C)NC(=O)C(C)(C)C)C(=O)O. The van der Waals surface area contributed by atoms with Gasteiger partial charge in [-0.25, -0.2) is 0 Å². The second-order valence-corrected chi connectivity index (χ2v) is 5.63. The Labute approximate surface area is 113 Å². The molecular formula is C13H24N2O4. The van der Waals surface area contributed by atoms with Gasteiger partial charge in [0.1, 0.15) is 6.04 Å². The molecule has 0 aromatic carbocycles. The van der Waals surface area contributed by atoms with Crippen LogP contribution < -0.4 is 10.6 Å². The third kappa shape index (κ3) is 6.22. The molecule has 0 aliphatic carbocycles. The number of aliphatic carboxylic acids is 1. The fraction of sp³-hybridized carbons (Fsp3) is 0.769. The third-order valence-corrected chi connectivity index (χ3v) is 2.79. The molecule has 2 unspecified atom stereocenters.